The molecule has 0 aromatic heterocycles. The lowest BCUT2D eigenvalue weighted by atomic mass is 9.76. The lowest BCUT2D eigenvalue weighted by molar-refractivity contribution is 0.0396. The number of nitrogens with zero attached hydrogens (tertiary/aromatic N) is 2. The van der Waals surface area contributed by atoms with Gasteiger partial charge in [-0.3, -0.25) is 15.5 Å². The van der Waals surface area contributed by atoms with Gasteiger partial charge in [-0.15, -0.1) is 0 Å². The quantitative estimate of drug-likeness (QED) is 0.570. The fraction of sp³-hybridized carbons (Fsp3) is 0.947. The molecule has 1 saturated carbocycles. The zero-order chi connectivity index (χ0) is 18.3. The molecule has 146 valence electrons. The summed E-state index contributed by atoms with van der Waals surface area (Å²) in [6, 6.07) is 3.41. The third-order valence-corrected chi connectivity index (χ3v) is 8.30. The normalized spacial score (nSPS) is 48.8. The average Bonchev–Trinajstić information content (AvgIpc) is 3.18. The summed E-state index contributed by atoms with van der Waals surface area (Å²) in [6.45, 7) is 5.72. The first-order valence-corrected chi connectivity index (χ1v) is 11.1. The third kappa shape index (κ3) is 3.57. The minimum Gasteiger partial charge on any atom is -0.396 e. The molecule has 0 aromatic rings. The van der Waals surface area contributed by atoms with Gasteiger partial charge in [0.2, 0.25) is 0 Å². The topological polar surface area (TPSA) is 80.6 Å². The van der Waals surface area contributed by atoms with Crippen molar-refractivity contribution in [3.8, 4) is 6.07 Å². The van der Waals surface area contributed by atoms with Crippen molar-refractivity contribution in [2.24, 2.45) is 17.8 Å². The second-order valence-electron chi connectivity index (χ2n) is 8.64. The van der Waals surface area contributed by atoms with Crippen LogP contribution in [0.15, 0.2) is 0 Å². The fourth-order valence-corrected chi connectivity index (χ4v) is 6.29. The molecule has 3 saturated heterocycles. The molecule has 0 spiro atoms. The second kappa shape index (κ2) is 8.02. The summed E-state index contributed by atoms with van der Waals surface area (Å²) in [7, 11) is 0. The molecule has 26 heavy (non-hydrogen) atoms. The zero-order valence-electron chi connectivity index (χ0n) is 15.5. The molecular formula is C19H31BrN4O2. The van der Waals surface area contributed by atoms with Gasteiger partial charge in [-0.25, -0.2) is 0 Å². The standard InChI is InChI=1S/C19H31BrN4O2/c1-11-9-24(16-3-2-12(16)4-5-25)10-15(11)23-19-18(20)14-6-13(7-21)26-17(14)8-22-19/h11-19,22-23,25H,2-6,8-10H2,1H3/t11-,12?,13?,14?,15-,16?,17?,18?,19?/m0/s1. The molecule has 0 aromatic carbocycles. The van der Waals surface area contributed by atoms with Crippen LogP contribution in [0.4, 0.5) is 0 Å². The number of likely N-dealkylation sites (tertiary alicyclic amines) is 1. The number of hydrogen-bond donors (Lipinski definition) is 3. The van der Waals surface area contributed by atoms with Gasteiger partial charge < -0.3 is 9.84 Å². The van der Waals surface area contributed by atoms with E-state index in [-0.39, 0.29) is 23.2 Å². The zero-order valence-corrected chi connectivity index (χ0v) is 17.1. The number of rotatable bonds is 5. The van der Waals surface area contributed by atoms with Gasteiger partial charge in [-0.1, -0.05) is 22.9 Å². The summed E-state index contributed by atoms with van der Waals surface area (Å²) in [4.78, 5) is 2.93. The van der Waals surface area contributed by atoms with E-state index in [0.717, 1.165) is 32.5 Å². The van der Waals surface area contributed by atoms with Crippen LogP contribution >= 0.6 is 15.9 Å². The van der Waals surface area contributed by atoms with Crippen LogP contribution in [0.2, 0.25) is 0 Å². The second-order valence-corrected chi connectivity index (χ2v) is 9.70. The number of nitriles is 1. The highest BCUT2D eigenvalue weighted by Gasteiger charge is 2.47. The molecule has 7 unspecified atom stereocenters. The highest BCUT2D eigenvalue weighted by Crippen LogP contribution is 2.38. The van der Waals surface area contributed by atoms with E-state index < -0.39 is 0 Å². The molecule has 0 bridgehead atoms. The Kier molecular flexibility index (Phi) is 5.89. The number of ether oxygens (including phenoxy) is 1. The number of hydrogen-bond acceptors (Lipinski definition) is 6. The maximum Gasteiger partial charge on any atom is 0.144 e. The molecule has 4 fully saturated rings. The maximum atomic E-state index is 9.25. The molecule has 4 rings (SSSR count). The number of halogens is 1. The number of piperidine rings is 1. The molecular weight excluding hydrogens is 396 g/mol. The molecule has 6 nitrogen and oxygen atoms in total. The summed E-state index contributed by atoms with van der Waals surface area (Å²) in [5.74, 6) is 1.70. The molecule has 9 atom stereocenters. The van der Waals surface area contributed by atoms with E-state index in [2.05, 4.69) is 44.5 Å². The average molecular weight is 427 g/mol. The van der Waals surface area contributed by atoms with Crippen LogP contribution in [0, 0.1) is 29.1 Å². The number of aliphatic hydroxyl groups is 1. The molecule has 3 heterocycles. The van der Waals surface area contributed by atoms with Gasteiger partial charge in [0.25, 0.3) is 0 Å². The Balaban J connectivity index is 1.32. The summed E-state index contributed by atoms with van der Waals surface area (Å²) in [5.41, 5.74) is 0. The highest BCUT2D eigenvalue weighted by molar-refractivity contribution is 9.09. The molecule has 0 radical (unpaired) electrons. The van der Waals surface area contributed by atoms with Crippen molar-refractivity contribution < 1.29 is 9.84 Å². The van der Waals surface area contributed by atoms with Gasteiger partial charge in [0.1, 0.15) is 6.10 Å². The van der Waals surface area contributed by atoms with Gasteiger partial charge >= 0.3 is 0 Å². The van der Waals surface area contributed by atoms with E-state index in [1.165, 1.54) is 12.8 Å². The summed E-state index contributed by atoms with van der Waals surface area (Å²) >= 11 is 3.89. The lowest BCUT2D eigenvalue weighted by Crippen LogP contribution is -2.62. The molecule has 3 aliphatic heterocycles. The van der Waals surface area contributed by atoms with Crippen LogP contribution < -0.4 is 10.6 Å². The Morgan fingerprint density at radius 2 is 2.23 bits per heavy atom. The monoisotopic (exact) mass is 426 g/mol. The van der Waals surface area contributed by atoms with E-state index in [1.807, 2.05) is 0 Å². The van der Waals surface area contributed by atoms with Crippen LogP contribution in [-0.4, -0.2) is 71.5 Å². The predicted octanol–water partition coefficient (Wildman–Crippen LogP) is 1.05. The summed E-state index contributed by atoms with van der Waals surface area (Å²) in [6.07, 6.45) is 4.44. The molecule has 3 N–H and O–H groups in total. The first-order chi connectivity index (χ1) is 12.6. The minimum absolute atomic E-state index is 0.147. The summed E-state index contributed by atoms with van der Waals surface area (Å²) < 4.78 is 5.82. The van der Waals surface area contributed by atoms with Gasteiger partial charge in [0.15, 0.2) is 0 Å². The number of fused-ring (bicyclic) bond motifs is 1. The van der Waals surface area contributed by atoms with Crippen LogP contribution in [0.25, 0.3) is 0 Å². The van der Waals surface area contributed by atoms with E-state index in [0.29, 0.717) is 36.4 Å². The lowest BCUT2D eigenvalue weighted by Gasteiger charge is -2.43. The van der Waals surface area contributed by atoms with Gasteiger partial charge in [0, 0.05) is 49.1 Å². The maximum absolute atomic E-state index is 9.25. The van der Waals surface area contributed by atoms with E-state index >= 15 is 0 Å². The van der Waals surface area contributed by atoms with Crippen molar-refractivity contribution >= 4 is 15.9 Å². The number of nitrogens with one attached hydrogen (secondary N) is 2. The Morgan fingerprint density at radius 1 is 1.38 bits per heavy atom. The van der Waals surface area contributed by atoms with Gasteiger partial charge in [0.05, 0.1) is 18.3 Å². The Hall–Kier alpha value is -0.230. The van der Waals surface area contributed by atoms with Crippen LogP contribution in [0.3, 0.4) is 0 Å². The SMILES string of the molecule is C[C@H]1CN(C2CCC2CCO)C[C@@H]1NC1NCC2OC(C#N)CC2C1Br. The van der Waals surface area contributed by atoms with Crippen LogP contribution in [0.5, 0.6) is 0 Å². The summed E-state index contributed by atoms with van der Waals surface area (Å²) in [5, 5.41) is 25.8. The van der Waals surface area contributed by atoms with Crippen molar-refractivity contribution in [2.75, 3.05) is 26.2 Å². The van der Waals surface area contributed by atoms with E-state index in [4.69, 9.17) is 10.00 Å². The number of aliphatic hydroxyl groups excluding tert-OH is 1. The van der Waals surface area contributed by atoms with Crippen molar-refractivity contribution in [1.29, 1.82) is 5.26 Å². The smallest absolute Gasteiger partial charge is 0.144 e. The van der Waals surface area contributed by atoms with E-state index in [9.17, 15) is 5.11 Å². The molecule has 0 amide bonds. The largest absolute Gasteiger partial charge is 0.396 e. The van der Waals surface area contributed by atoms with Crippen molar-refractivity contribution in [3.05, 3.63) is 0 Å². The van der Waals surface area contributed by atoms with Gasteiger partial charge in [-0.05, 0) is 37.5 Å². The van der Waals surface area contributed by atoms with Crippen molar-refractivity contribution in [3.63, 3.8) is 0 Å². The van der Waals surface area contributed by atoms with E-state index in [1.54, 1.807) is 0 Å². The van der Waals surface area contributed by atoms with Gasteiger partial charge in [-0.2, -0.15) is 5.26 Å². The first kappa shape index (κ1) is 19.1. The third-order valence-electron chi connectivity index (χ3n) is 7.09. The highest BCUT2D eigenvalue weighted by atomic mass is 79.9. The van der Waals surface area contributed by atoms with Crippen LogP contribution in [0.1, 0.15) is 32.6 Å². The Morgan fingerprint density at radius 3 is 2.92 bits per heavy atom. The first-order valence-electron chi connectivity index (χ1n) is 10.1. The van der Waals surface area contributed by atoms with Crippen molar-refractivity contribution in [1.82, 2.24) is 15.5 Å². The fourth-order valence-electron chi connectivity index (χ4n) is 5.40. The Bertz CT molecular complexity index is 544. The van der Waals surface area contributed by atoms with Crippen molar-refractivity contribution in [2.45, 2.75) is 67.9 Å². The number of alkyl halides is 1. The molecule has 1 aliphatic carbocycles. The Labute approximate surface area is 164 Å². The minimum atomic E-state index is -0.256. The molecule has 7 heteroatoms. The molecule has 4 aliphatic rings. The predicted molar refractivity (Wildman–Crippen MR) is 103 cm³/mol. The van der Waals surface area contributed by atoms with Crippen LogP contribution in [-0.2, 0) is 4.74 Å².